The summed E-state index contributed by atoms with van der Waals surface area (Å²) in [4.78, 5) is 22.0. The zero-order valence-electron chi connectivity index (χ0n) is 12.6. The molecule has 2 rings (SSSR count). The van der Waals surface area contributed by atoms with Crippen LogP contribution in [-0.4, -0.2) is 30.2 Å². The van der Waals surface area contributed by atoms with Crippen LogP contribution in [0.2, 0.25) is 0 Å². The van der Waals surface area contributed by atoms with Gasteiger partial charge in [-0.25, -0.2) is 4.79 Å². The van der Waals surface area contributed by atoms with Gasteiger partial charge < -0.3 is 15.4 Å². The van der Waals surface area contributed by atoms with Crippen LogP contribution in [0.15, 0.2) is 18.2 Å². The molecular weight excluding hydrogens is 286 g/mol. The smallest absolute Gasteiger partial charge is 0.319 e. The number of benzene rings is 1. The number of rotatable bonds is 5. The molecule has 1 saturated heterocycles. The van der Waals surface area contributed by atoms with Gasteiger partial charge in [-0.15, -0.1) is 0 Å². The highest BCUT2D eigenvalue weighted by atomic mass is 16.6. The largest absolute Gasteiger partial charge is 0.378 e. The minimum absolute atomic E-state index is 0.0119. The van der Waals surface area contributed by atoms with Crippen molar-refractivity contribution in [3.8, 4) is 0 Å². The van der Waals surface area contributed by atoms with Gasteiger partial charge in [-0.05, 0) is 44.2 Å². The van der Waals surface area contributed by atoms with Crippen molar-refractivity contribution >= 4 is 17.4 Å². The van der Waals surface area contributed by atoms with Gasteiger partial charge in [-0.3, -0.25) is 10.1 Å². The molecule has 2 N–H and O–H groups in total. The molecule has 2 amide bonds. The monoisotopic (exact) mass is 307 g/mol. The number of hydrogen-bond donors (Lipinski definition) is 2. The number of ether oxygens (including phenoxy) is 1. The summed E-state index contributed by atoms with van der Waals surface area (Å²) in [6.07, 6.45) is 4.37. The number of nitrogens with zero attached hydrogens (tertiary/aromatic N) is 1. The van der Waals surface area contributed by atoms with Crippen molar-refractivity contribution in [2.24, 2.45) is 0 Å². The predicted octanol–water partition coefficient (Wildman–Crippen LogP) is 2.98. The number of nitrogens with one attached hydrogen (secondary N) is 2. The number of non-ortho nitro benzene ring substituents is 1. The second kappa shape index (κ2) is 7.74. The summed E-state index contributed by atoms with van der Waals surface area (Å²) in [5.41, 5.74) is 1.23. The first-order valence-corrected chi connectivity index (χ1v) is 7.48. The fourth-order valence-corrected chi connectivity index (χ4v) is 2.45. The topological polar surface area (TPSA) is 93.5 Å². The number of nitro groups is 1. The van der Waals surface area contributed by atoms with Crippen LogP contribution in [0.4, 0.5) is 16.2 Å². The summed E-state index contributed by atoms with van der Waals surface area (Å²) in [7, 11) is 0. The highest BCUT2D eigenvalue weighted by Gasteiger charge is 2.14. The molecule has 7 heteroatoms. The van der Waals surface area contributed by atoms with Crippen LogP contribution >= 0.6 is 0 Å². The number of urea groups is 1. The van der Waals surface area contributed by atoms with E-state index in [1.165, 1.54) is 24.6 Å². The lowest BCUT2D eigenvalue weighted by atomic mass is 10.1. The van der Waals surface area contributed by atoms with Gasteiger partial charge in [0.15, 0.2) is 0 Å². The minimum atomic E-state index is -0.457. The summed E-state index contributed by atoms with van der Waals surface area (Å²) >= 11 is 0. The van der Waals surface area contributed by atoms with Gasteiger partial charge in [-0.1, -0.05) is 0 Å². The molecule has 0 aliphatic carbocycles. The fourth-order valence-electron chi connectivity index (χ4n) is 2.45. The van der Waals surface area contributed by atoms with Crippen molar-refractivity contribution in [3.05, 3.63) is 33.9 Å². The number of carbonyl (C=O) groups is 1. The second-order valence-electron chi connectivity index (χ2n) is 5.41. The third kappa shape index (κ3) is 4.70. The van der Waals surface area contributed by atoms with E-state index in [0.717, 1.165) is 25.9 Å². The zero-order chi connectivity index (χ0) is 15.9. The molecule has 7 nitrogen and oxygen atoms in total. The normalized spacial score (nSPS) is 17.8. The van der Waals surface area contributed by atoms with E-state index in [1.807, 2.05) is 0 Å². The summed E-state index contributed by atoms with van der Waals surface area (Å²) in [5, 5.41) is 16.2. The summed E-state index contributed by atoms with van der Waals surface area (Å²) in [6.45, 7) is 3.07. The Morgan fingerprint density at radius 1 is 1.45 bits per heavy atom. The third-order valence-electron chi connectivity index (χ3n) is 3.69. The molecule has 0 saturated carbocycles. The predicted molar refractivity (Wildman–Crippen MR) is 83.1 cm³/mol. The van der Waals surface area contributed by atoms with E-state index >= 15 is 0 Å². The fraction of sp³-hybridized carbons (Fsp3) is 0.533. The summed E-state index contributed by atoms with van der Waals surface area (Å²) < 4.78 is 5.60. The Balaban J connectivity index is 1.77. The Morgan fingerprint density at radius 3 is 2.91 bits per heavy atom. The molecule has 0 radical (unpaired) electrons. The lowest BCUT2D eigenvalue weighted by Gasteiger charge is -2.22. The van der Waals surface area contributed by atoms with Crippen molar-refractivity contribution in [1.29, 1.82) is 0 Å². The van der Waals surface area contributed by atoms with Gasteiger partial charge in [0, 0.05) is 31.0 Å². The van der Waals surface area contributed by atoms with Gasteiger partial charge in [0.1, 0.15) is 0 Å². The van der Waals surface area contributed by atoms with Crippen LogP contribution < -0.4 is 10.6 Å². The number of nitro benzene ring substituents is 1. The molecular formula is C15H21N3O4. The Labute approximate surface area is 129 Å². The lowest BCUT2D eigenvalue weighted by molar-refractivity contribution is -0.384. The van der Waals surface area contributed by atoms with E-state index in [1.54, 1.807) is 6.92 Å². The van der Waals surface area contributed by atoms with Crippen LogP contribution in [0.3, 0.4) is 0 Å². The quantitative estimate of drug-likeness (QED) is 0.646. The van der Waals surface area contributed by atoms with Crippen LogP contribution in [0.5, 0.6) is 0 Å². The van der Waals surface area contributed by atoms with E-state index in [9.17, 15) is 14.9 Å². The van der Waals surface area contributed by atoms with E-state index in [-0.39, 0.29) is 17.8 Å². The summed E-state index contributed by atoms with van der Waals surface area (Å²) in [5.74, 6) is 0. The molecule has 1 aromatic rings. The van der Waals surface area contributed by atoms with Crippen LogP contribution in [-0.2, 0) is 4.74 Å². The molecule has 0 unspecified atom stereocenters. The Bertz CT molecular complexity index is 542. The van der Waals surface area contributed by atoms with E-state index < -0.39 is 4.92 Å². The number of amides is 2. The molecule has 1 fully saturated rings. The van der Waals surface area contributed by atoms with Crippen LogP contribution in [0, 0.1) is 17.0 Å². The lowest BCUT2D eigenvalue weighted by Crippen LogP contribution is -2.32. The van der Waals surface area contributed by atoms with Gasteiger partial charge in [0.2, 0.25) is 0 Å². The molecule has 0 aromatic heterocycles. The van der Waals surface area contributed by atoms with Crippen molar-refractivity contribution in [3.63, 3.8) is 0 Å². The van der Waals surface area contributed by atoms with Gasteiger partial charge in [-0.2, -0.15) is 0 Å². The maximum atomic E-state index is 11.8. The first-order chi connectivity index (χ1) is 10.6. The first kappa shape index (κ1) is 16.2. The molecule has 1 aromatic carbocycles. The standard InChI is InChI=1S/C15H21N3O4/c1-11-10-12(18(20)21)5-6-14(11)17-15(19)16-8-7-13-4-2-3-9-22-13/h5-6,10,13H,2-4,7-9H2,1H3,(H2,16,17,19)/t13-/m0/s1. The molecule has 1 aliphatic heterocycles. The van der Waals surface area contributed by atoms with Gasteiger partial charge in [0.05, 0.1) is 11.0 Å². The van der Waals surface area contributed by atoms with E-state index in [2.05, 4.69) is 10.6 Å². The number of hydrogen-bond acceptors (Lipinski definition) is 4. The minimum Gasteiger partial charge on any atom is -0.378 e. The maximum Gasteiger partial charge on any atom is 0.319 e. The zero-order valence-corrected chi connectivity index (χ0v) is 12.6. The third-order valence-corrected chi connectivity index (χ3v) is 3.69. The Morgan fingerprint density at radius 2 is 2.27 bits per heavy atom. The molecule has 1 aliphatic rings. The van der Waals surface area contributed by atoms with Crippen molar-refractivity contribution in [2.75, 3.05) is 18.5 Å². The van der Waals surface area contributed by atoms with Gasteiger partial charge in [0.25, 0.3) is 5.69 Å². The molecule has 22 heavy (non-hydrogen) atoms. The van der Waals surface area contributed by atoms with Gasteiger partial charge >= 0.3 is 6.03 Å². The highest BCUT2D eigenvalue weighted by molar-refractivity contribution is 5.90. The van der Waals surface area contributed by atoms with Crippen molar-refractivity contribution in [2.45, 2.75) is 38.7 Å². The van der Waals surface area contributed by atoms with Crippen LogP contribution in [0.1, 0.15) is 31.2 Å². The number of carbonyl (C=O) groups excluding carboxylic acids is 1. The number of anilines is 1. The van der Waals surface area contributed by atoms with E-state index in [0.29, 0.717) is 17.8 Å². The van der Waals surface area contributed by atoms with Crippen molar-refractivity contribution < 1.29 is 14.5 Å². The molecule has 1 heterocycles. The Hall–Kier alpha value is -2.15. The average molecular weight is 307 g/mol. The molecule has 0 spiro atoms. The van der Waals surface area contributed by atoms with E-state index in [4.69, 9.17) is 4.74 Å². The van der Waals surface area contributed by atoms with Crippen LogP contribution in [0.25, 0.3) is 0 Å². The first-order valence-electron chi connectivity index (χ1n) is 7.48. The summed E-state index contributed by atoms with van der Waals surface area (Å²) in [6, 6.07) is 4.04. The molecule has 1 atom stereocenters. The Kier molecular flexibility index (Phi) is 5.71. The average Bonchev–Trinajstić information content (AvgIpc) is 2.50. The molecule has 0 bridgehead atoms. The maximum absolute atomic E-state index is 11.8. The molecule has 120 valence electrons. The second-order valence-corrected chi connectivity index (χ2v) is 5.41. The van der Waals surface area contributed by atoms with Crippen molar-refractivity contribution in [1.82, 2.24) is 5.32 Å². The highest BCUT2D eigenvalue weighted by Crippen LogP contribution is 2.21. The number of aryl methyl sites for hydroxylation is 1. The SMILES string of the molecule is Cc1cc([N+](=O)[O-])ccc1NC(=O)NCC[C@@H]1CCCCO1.